The molecule has 2 N–H and O–H groups in total. The van der Waals surface area contributed by atoms with Gasteiger partial charge in [-0.2, -0.15) is 4.98 Å². The number of nitrogen functional groups attached to an aromatic ring is 1. The van der Waals surface area contributed by atoms with E-state index < -0.39 is 26.3 Å². The monoisotopic (exact) mass is 290 g/mol. The van der Waals surface area contributed by atoms with Crippen molar-refractivity contribution >= 4 is 25.4 Å². The summed E-state index contributed by atoms with van der Waals surface area (Å²) >= 11 is 0. The van der Waals surface area contributed by atoms with Gasteiger partial charge in [0.25, 0.3) is 9.05 Å². The van der Waals surface area contributed by atoms with E-state index in [-0.39, 0.29) is 11.3 Å². The Bertz CT molecular complexity index is 544. The normalized spacial score (nSPS) is 12.5. The van der Waals surface area contributed by atoms with Gasteiger partial charge in [-0.25, -0.2) is 8.42 Å². The summed E-state index contributed by atoms with van der Waals surface area (Å²) in [5.41, 5.74) is 4.97. The molecule has 1 aromatic rings. The van der Waals surface area contributed by atoms with Gasteiger partial charge in [0.15, 0.2) is 5.03 Å². The molecule has 0 fully saturated rings. The van der Waals surface area contributed by atoms with Crippen LogP contribution in [0.5, 0.6) is 5.88 Å². The number of aromatic nitrogens is 1. The number of hydrogen-bond acceptors (Lipinski definition) is 5. The van der Waals surface area contributed by atoms with Crippen LogP contribution in [0.15, 0.2) is 11.1 Å². The maximum Gasteiger partial charge on any atom is 0.574 e. The van der Waals surface area contributed by atoms with Crippen molar-refractivity contribution in [2.75, 3.05) is 5.73 Å². The first-order chi connectivity index (χ1) is 7.50. The Morgan fingerprint density at radius 2 is 2.00 bits per heavy atom. The Hall–Kier alpha value is -1.22. The number of alkyl halides is 3. The van der Waals surface area contributed by atoms with Gasteiger partial charge in [-0.05, 0) is 6.92 Å². The van der Waals surface area contributed by atoms with Crippen molar-refractivity contribution in [3.63, 3.8) is 0 Å². The van der Waals surface area contributed by atoms with Gasteiger partial charge in [0.1, 0.15) is 0 Å². The fourth-order valence-electron chi connectivity index (χ4n) is 0.915. The van der Waals surface area contributed by atoms with Crippen molar-refractivity contribution in [1.82, 2.24) is 4.98 Å². The quantitative estimate of drug-likeness (QED) is 0.840. The minimum absolute atomic E-state index is 0.133. The Morgan fingerprint density at radius 1 is 1.47 bits per heavy atom. The Labute approximate surface area is 98.8 Å². The van der Waals surface area contributed by atoms with E-state index in [1.807, 2.05) is 0 Å². The lowest BCUT2D eigenvalue weighted by atomic mass is 10.2. The van der Waals surface area contributed by atoms with Crippen LogP contribution in [0.4, 0.5) is 18.9 Å². The average molecular weight is 291 g/mol. The van der Waals surface area contributed by atoms with E-state index in [0.29, 0.717) is 0 Å². The predicted octanol–water partition coefficient (Wildman–Crippen LogP) is 1.80. The summed E-state index contributed by atoms with van der Waals surface area (Å²) in [4.78, 5) is 3.15. The molecule has 0 saturated carbocycles. The van der Waals surface area contributed by atoms with Crippen molar-refractivity contribution in [2.45, 2.75) is 18.3 Å². The number of halogens is 4. The summed E-state index contributed by atoms with van der Waals surface area (Å²) in [7, 11) is 0.657. The van der Waals surface area contributed by atoms with Gasteiger partial charge in [0, 0.05) is 28.0 Å². The van der Waals surface area contributed by atoms with Crippen molar-refractivity contribution < 1.29 is 26.3 Å². The fourth-order valence-corrected chi connectivity index (χ4v) is 1.61. The largest absolute Gasteiger partial charge is 0.574 e. The number of nitrogens with two attached hydrogens (primary N) is 1. The molecule has 0 spiro atoms. The molecule has 0 aliphatic rings. The van der Waals surface area contributed by atoms with E-state index in [1.54, 1.807) is 0 Å². The summed E-state index contributed by atoms with van der Waals surface area (Å²) in [5.74, 6) is -0.947. The molecule has 1 aromatic heterocycles. The average Bonchev–Trinajstić information content (AvgIpc) is 2.08. The lowest BCUT2D eigenvalue weighted by molar-refractivity contribution is -0.276. The first kappa shape index (κ1) is 13.8. The molecule has 0 unspecified atom stereocenters. The van der Waals surface area contributed by atoms with Gasteiger partial charge in [-0.1, -0.05) is 0 Å². The van der Waals surface area contributed by atoms with E-state index in [9.17, 15) is 21.6 Å². The molecule has 10 heteroatoms. The van der Waals surface area contributed by atoms with Gasteiger partial charge in [-0.3, -0.25) is 0 Å². The summed E-state index contributed by atoms with van der Waals surface area (Å²) < 4.78 is 61.4. The van der Waals surface area contributed by atoms with Crippen LogP contribution in [0.25, 0.3) is 0 Å². The number of rotatable bonds is 2. The molecule has 96 valence electrons. The smallest absolute Gasteiger partial charge is 0.398 e. The maximum atomic E-state index is 12.0. The van der Waals surface area contributed by atoms with Crippen molar-refractivity contribution in [2.24, 2.45) is 0 Å². The minimum Gasteiger partial charge on any atom is -0.398 e. The number of anilines is 1. The third kappa shape index (κ3) is 3.63. The van der Waals surface area contributed by atoms with Crippen LogP contribution in [0.1, 0.15) is 5.56 Å². The van der Waals surface area contributed by atoms with Crippen LogP contribution in [0.3, 0.4) is 0 Å². The van der Waals surface area contributed by atoms with Crippen LogP contribution in [0.2, 0.25) is 0 Å². The first-order valence-electron chi connectivity index (χ1n) is 3.98. The van der Waals surface area contributed by atoms with Crippen LogP contribution >= 0.6 is 10.7 Å². The molecule has 0 bridgehead atoms. The highest BCUT2D eigenvalue weighted by Gasteiger charge is 2.33. The van der Waals surface area contributed by atoms with Crippen molar-refractivity contribution in [1.29, 1.82) is 0 Å². The van der Waals surface area contributed by atoms with E-state index in [1.165, 1.54) is 6.92 Å². The van der Waals surface area contributed by atoms with Crippen molar-refractivity contribution in [3.05, 3.63) is 11.6 Å². The van der Waals surface area contributed by atoms with Gasteiger partial charge >= 0.3 is 6.36 Å². The summed E-state index contributed by atoms with van der Waals surface area (Å²) in [5, 5.41) is -0.804. The van der Waals surface area contributed by atoms with Crippen LogP contribution in [-0.4, -0.2) is 19.8 Å². The second kappa shape index (κ2) is 4.22. The Kier molecular flexibility index (Phi) is 3.44. The molecule has 0 saturated heterocycles. The number of ether oxygens (including phenoxy) is 1. The molecule has 0 atom stereocenters. The third-order valence-electron chi connectivity index (χ3n) is 1.71. The second-order valence-electron chi connectivity index (χ2n) is 2.97. The number of hydrogen-bond donors (Lipinski definition) is 1. The minimum atomic E-state index is -5.00. The molecule has 1 heterocycles. The van der Waals surface area contributed by atoms with E-state index in [2.05, 4.69) is 9.72 Å². The lowest BCUT2D eigenvalue weighted by Crippen LogP contribution is -2.19. The highest BCUT2D eigenvalue weighted by atomic mass is 35.7. The van der Waals surface area contributed by atoms with Gasteiger partial charge < -0.3 is 10.5 Å². The summed E-state index contributed by atoms with van der Waals surface area (Å²) in [6.45, 7) is 1.20. The molecular weight excluding hydrogens is 285 g/mol. The molecule has 0 aliphatic carbocycles. The lowest BCUT2D eigenvalue weighted by Gasteiger charge is -2.12. The van der Waals surface area contributed by atoms with E-state index in [0.717, 1.165) is 6.07 Å². The topological polar surface area (TPSA) is 82.3 Å². The van der Waals surface area contributed by atoms with Gasteiger partial charge in [0.2, 0.25) is 5.88 Å². The molecule has 5 nitrogen and oxygen atoms in total. The SMILES string of the molecule is Cc1c(N)cc(S(=O)(=O)Cl)nc1OC(F)(F)F. The zero-order valence-corrected chi connectivity index (χ0v) is 9.82. The summed E-state index contributed by atoms with van der Waals surface area (Å²) in [6.07, 6.45) is -5.00. The Balaban J connectivity index is 3.36. The molecule has 0 radical (unpaired) electrons. The standard InChI is InChI=1S/C7H6ClF3N2O3S/c1-3-4(12)2-5(17(8,14)15)13-6(3)16-7(9,10)11/h2H,1H3,(H2,12,13). The maximum absolute atomic E-state index is 12.0. The van der Waals surface area contributed by atoms with Crippen molar-refractivity contribution in [3.8, 4) is 5.88 Å². The van der Waals surface area contributed by atoms with Crippen LogP contribution in [-0.2, 0) is 9.05 Å². The first-order valence-corrected chi connectivity index (χ1v) is 6.29. The summed E-state index contributed by atoms with van der Waals surface area (Å²) in [6, 6.07) is 0.848. The third-order valence-corrected chi connectivity index (χ3v) is 2.89. The molecule has 1 rings (SSSR count). The highest BCUT2D eigenvalue weighted by molar-refractivity contribution is 8.13. The predicted molar refractivity (Wildman–Crippen MR) is 53.1 cm³/mol. The van der Waals surface area contributed by atoms with Crippen LogP contribution in [0, 0.1) is 6.92 Å². The number of pyridine rings is 1. The molecular formula is C7H6ClF3N2O3S. The van der Waals surface area contributed by atoms with Gasteiger partial charge in [-0.15, -0.1) is 13.2 Å². The van der Waals surface area contributed by atoms with Gasteiger partial charge in [0.05, 0.1) is 0 Å². The van der Waals surface area contributed by atoms with E-state index >= 15 is 0 Å². The number of nitrogens with zero attached hydrogens (tertiary/aromatic N) is 1. The highest BCUT2D eigenvalue weighted by Crippen LogP contribution is 2.30. The second-order valence-corrected chi connectivity index (χ2v) is 5.48. The molecule has 0 amide bonds. The molecule has 0 aliphatic heterocycles. The van der Waals surface area contributed by atoms with Crippen LogP contribution < -0.4 is 10.5 Å². The molecule has 0 aromatic carbocycles. The zero-order valence-electron chi connectivity index (χ0n) is 8.25. The zero-order chi connectivity index (χ0) is 13.4. The van der Waals surface area contributed by atoms with E-state index in [4.69, 9.17) is 16.4 Å². The molecule has 17 heavy (non-hydrogen) atoms. The Morgan fingerprint density at radius 3 is 2.41 bits per heavy atom. The fraction of sp³-hybridized carbons (Fsp3) is 0.286.